The van der Waals surface area contributed by atoms with Gasteiger partial charge in [0.25, 0.3) is 0 Å². The molecule has 1 N–H and O–H groups in total. The molecule has 0 saturated heterocycles. The molecule has 0 radical (unpaired) electrons. The van der Waals surface area contributed by atoms with Gasteiger partial charge in [0, 0.05) is 24.0 Å². The summed E-state index contributed by atoms with van der Waals surface area (Å²) in [6.07, 6.45) is 6.63. The van der Waals surface area contributed by atoms with E-state index in [1.165, 1.54) is 25.0 Å². The van der Waals surface area contributed by atoms with Gasteiger partial charge >= 0.3 is 12.3 Å². The summed E-state index contributed by atoms with van der Waals surface area (Å²) in [6, 6.07) is 6.12. The Hall–Kier alpha value is -2.71. The largest absolute Gasteiger partial charge is 0.427 e. The molecule has 1 aliphatic carbocycles. The summed E-state index contributed by atoms with van der Waals surface area (Å²) in [5.41, 5.74) is 0.745. The molecule has 0 unspecified atom stereocenters. The fourth-order valence-electron chi connectivity index (χ4n) is 3.00. The Morgan fingerprint density at radius 3 is 2.80 bits per heavy atom. The van der Waals surface area contributed by atoms with E-state index in [9.17, 15) is 18.9 Å². The van der Waals surface area contributed by atoms with Crippen molar-refractivity contribution >= 4 is 11.4 Å². The highest BCUT2D eigenvalue weighted by Crippen LogP contribution is 2.32. The first kappa shape index (κ1) is 17.1. The third kappa shape index (κ3) is 4.23. The Morgan fingerprint density at radius 1 is 1.36 bits per heavy atom. The number of anilines is 1. The molecule has 1 fully saturated rings. The predicted octanol–water partition coefficient (Wildman–Crippen LogP) is 4.12. The summed E-state index contributed by atoms with van der Waals surface area (Å²) in [6.45, 7) is -2.75. The normalized spacial score (nSPS) is 14.8. The van der Waals surface area contributed by atoms with Gasteiger partial charge in [0.05, 0.1) is 23.2 Å². The van der Waals surface area contributed by atoms with Crippen LogP contribution in [0.5, 0.6) is 5.75 Å². The Balaban J connectivity index is 1.67. The van der Waals surface area contributed by atoms with Gasteiger partial charge < -0.3 is 10.1 Å². The summed E-state index contributed by atoms with van der Waals surface area (Å²) < 4.78 is 31.0. The molecule has 0 aliphatic heterocycles. The van der Waals surface area contributed by atoms with Gasteiger partial charge in [-0.3, -0.25) is 14.8 Å². The molecular weight excluding hydrogens is 334 g/mol. The number of ether oxygens (including phenoxy) is 1. The Labute approximate surface area is 142 Å². The van der Waals surface area contributed by atoms with Gasteiger partial charge in [-0.2, -0.15) is 13.9 Å². The third-order valence-corrected chi connectivity index (χ3v) is 4.21. The lowest BCUT2D eigenvalue weighted by atomic mass is 10.2. The van der Waals surface area contributed by atoms with E-state index in [0.29, 0.717) is 18.3 Å². The summed E-state index contributed by atoms with van der Waals surface area (Å²) in [5, 5.41) is 18.4. The van der Waals surface area contributed by atoms with Crippen LogP contribution in [0.3, 0.4) is 0 Å². The average molecular weight is 352 g/mol. The lowest BCUT2D eigenvalue weighted by Gasteiger charge is -2.10. The molecule has 1 heterocycles. The van der Waals surface area contributed by atoms with Crippen molar-refractivity contribution in [3.8, 4) is 5.75 Å². The van der Waals surface area contributed by atoms with Crippen LogP contribution in [0.1, 0.15) is 37.4 Å². The van der Waals surface area contributed by atoms with Crippen LogP contribution in [0.2, 0.25) is 0 Å². The van der Waals surface area contributed by atoms with E-state index < -0.39 is 23.0 Å². The van der Waals surface area contributed by atoms with Crippen LogP contribution in [0.15, 0.2) is 30.5 Å². The van der Waals surface area contributed by atoms with E-state index in [2.05, 4.69) is 15.2 Å². The summed E-state index contributed by atoms with van der Waals surface area (Å²) in [5.74, 6) is -0.471. The van der Waals surface area contributed by atoms with E-state index >= 15 is 0 Å². The summed E-state index contributed by atoms with van der Waals surface area (Å²) >= 11 is 0. The smallest absolute Gasteiger partial charge is 0.387 e. The number of rotatable bonds is 7. The number of nitro benzene ring substituents is 1. The zero-order valence-electron chi connectivity index (χ0n) is 13.4. The molecule has 2 aromatic rings. The molecule has 0 amide bonds. The average Bonchev–Trinajstić information content (AvgIpc) is 3.23. The number of halogens is 2. The molecule has 1 aliphatic rings. The topological polar surface area (TPSA) is 82.2 Å². The minimum absolute atomic E-state index is 0.381. The second-order valence-electron chi connectivity index (χ2n) is 5.90. The lowest BCUT2D eigenvalue weighted by molar-refractivity contribution is -0.386. The van der Waals surface area contributed by atoms with E-state index in [4.69, 9.17) is 0 Å². The molecule has 25 heavy (non-hydrogen) atoms. The van der Waals surface area contributed by atoms with Gasteiger partial charge in [0.2, 0.25) is 5.75 Å². The second-order valence-corrected chi connectivity index (χ2v) is 5.90. The van der Waals surface area contributed by atoms with Gasteiger partial charge in [-0.25, -0.2) is 0 Å². The first-order chi connectivity index (χ1) is 12.0. The Morgan fingerprint density at radius 2 is 2.12 bits per heavy atom. The minimum Gasteiger partial charge on any atom is -0.427 e. The van der Waals surface area contributed by atoms with Crippen LogP contribution in [-0.4, -0.2) is 21.3 Å². The van der Waals surface area contributed by atoms with Crippen LogP contribution >= 0.6 is 0 Å². The van der Waals surface area contributed by atoms with Gasteiger partial charge in [0.1, 0.15) is 0 Å². The number of alkyl halides is 2. The SMILES string of the molecule is O=[N+]([O-])c1ccc(NCc2ccn(C3CCCC3)n2)cc1OC(F)F. The quantitative estimate of drug-likeness (QED) is 0.599. The highest BCUT2D eigenvalue weighted by Gasteiger charge is 2.20. The van der Waals surface area contributed by atoms with Crippen molar-refractivity contribution in [3.05, 3.63) is 46.3 Å². The van der Waals surface area contributed by atoms with Crippen LogP contribution in [0.4, 0.5) is 20.2 Å². The second kappa shape index (κ2) is 7.45. The van der Waals surface area contributed by atoms with Gasteiger partial charge in [0.15, 0.2) is 0 Å². The fourth-order valence-corrected chi connectivity index (χ4v) is 3.00. The fraction of sp³-hybridized carbons (Fsp3) is 0.438. The minimum atomic E-state index is -3.13. The highest BCUT2D eigenvalue weighted by molar-refractivity contribution is 5.58. The zero-order chi connectivity index (χ0) is 17.8. The van der Waals surface area contributed by atoms with E-state index in [1.807, 2.05) is 16.9 Å². The molecule has 0 bridgehead atoms. The molecule has 7 nitrogen and oxygen atoms in total. The van der Waals surface area contributed by atoms with Crippen LogP contribution in [0, 0.1) is 10.1 Å². The van der Waals surface area contributed by atoms with Crippen LogP contribution in [-0.2, 0) is 6.54 Å². The first-order valence-corrected chi connectivity index (χ1v) is 8.04. The maximum atomic E-state index is 12.4. The maximum absolute atomic E-state index is 12.4. The number of nitrogens with zero attached hydrogens (tertiary/aromatic N) is 3. The summed E-state index contributed by atoms with van der Waals surface area (Å²) in [7, 11) is 0. The van der Waals surface area contributed by atoms with Crippen molar-refractivity contribution in [2.24, 2.45) is 0 Å². The monoisotopic (exact) mass is 352 g/mol. The molecule has 1 saturated carbocycles. The van der Waals surface area contributed by atoms with E-state index in [0.717, 1.165) is 24.6 Å². The lowest BCUT2D eigenvalue weighted by Crippen LogP contribution is -2.08. The number of aromatic nitrogens is 2. The first-order valence-electron chi connectivity index (χ1n) is 8.04. The molecule has 9 heteroatoms. The van der Waals surface area contributed by atoms with Crippen molar-refractivity contribution < 1.29 is 18.4 Å². The third-order valence-electron chi connectivity index (χ3n) is 4.21. The van der Waals surface area contributed by atoms with Gasteiger partial charge in [-0.1, -0.05) is 12.8 Å². The maximum Gasteiger partial charge on any atom is 0.387 e. The van der Waals surface area contributed by atoms with Crippen molar-refractivity contribution in [2.45, 2.75) is 44.9 Å². The van der Waals surface area contributed by atoms with Crippen molar-refractivity contribution in [2.75, 3.05) is 5.32 Å². The Bertz CT molecular complexity index is 745. The van der Waals surface area contributed by atoms with Crippen molar-refractivity contribution in [3.63, 3.8) is 0 Å². The number of nitrogens with one attached hydrogen (secondary N) is 1. The Kier molecular flexibility index (Phi) is 5.11. The van der Waals surface area contributed by atoms with E-state index in [1.54, 1.807) is 0 Å². The zero-order valence-corrected chi connectivity index (χ0v) is 13.4. The predicted molar refractivity (Wildman–Crippen MR) is 86.8 cm³/mol. The van der Waals surface area contributed by atoms with Gasteiger partial charge in [-0.15, -0.1) is 0 Å². The number of hydrogen-bond acceptors (Lipinski definition) is 5. The molecule has 0 spiro atoms. The van der Waals surface area contributed by atoms with Crippen LogP contribution < -0.4 is 10.1 Å². The van der Waals surface area contributed by atoms with Crippen LogP contribution in [0.25, 0.3) is 0 Å². The van der Waals surface area contributed by atoms with Crippen molar-refractivity contribution in [1.82, 2.24) is 9.78 Å². The molecule has 3 rings (SSSR count). The molecule has 134 valence electrons. The number of nitro groups is 1. The van der Waals surface area contributed by atoms with Crippen molar-refractivity contribution in [1.29, 1.82) is 0 Å². The number of hydrogen-bond donors (Lipinski definition) is 1. The molecular formula is C16H18F2N4O3. The standard InChI is InChI=1S/C16H18F2N4O3/c17-16(18)25-15-9-11(5-6-14(15)22(23)24)19-10-12-7-8-21(20-12)13-3-1-2-4-13/h5-9,13,16,19H,1-4,10H2. The highest BCUT2D eigenvalue weighted by atomic mass is 19.3. The molecule has 1 aromatic carbocycles. The van der Waals surface area contributed by atoms with Gasteiger partial charge in [-0.05, 0) is 25.0 Å². The summed E-state index contributed by atoms with van der Waals surface area (Å²) in [4.78, 5) is 10.1. The number of benzene rings is 1. The van der Waals surface area contributed by atoms with E-state index in [-0.39, 0.29) is 0 Å². The molecule has 1 aromatic heterocycles. The molecule has 0 atom stereocenters.